The van der Waals surface area contributed by atoms with Crippen LogP contribution in [0.4, 0.5) is 5.69 Å². The number of carbonyl (C=O) groups is 1. The van der Waals surface area contributed by atoms with Gasteiger partial charge < -0.3 is 5.32 Å². The number of hydrogen-bond donors (Lipinski definition) is 1. The predicted molar refractivity (Wildman–Crippen MR) is 81.7 cm³/mol. The molecule has 1 aliphatic carbocycles. The molecule has 0 saturated heterocycles. The van der Waals surface area contributed by atoms with Crippen molar-refractivity contribution in [1.82, 2.24) is 0 Å². The fraction of sp³-hybridized carbons (Fsp3) is 0.188. The molecule has 96 valence electrons. The van der Waals surface area contributed by atoms with Gasteiger partial charge in [0.15, 0.2) is 0 Å². The summed E-state index contributed by atoms with van der Waals surface area (Å²) < 4.78 is 0. The first-order valence-electron chi connectivity index (χ1n) is 6.28. The molecule has 1 N–H and O–H groups in total. The van der Waals surface area contributed by atoms with E-state index in [1.807, 2.05) is 12.3 Å². The summed E-state index contributed by atoms with van der Waals surface area (Å²) in [6, 6.07) is 14.6. The van der Waals surface area contributed by atoms with Crippen LogP contribution in [0.1, 0.15) is 11.1 Å². The molecule has 0 aromatic heterocycles. The Balaban J connectivity index is 1.91. The van der Waals surface area contributed by atoms with Gasteiger partial charge in [0.05, 0.1) is 5.75 Å². The van der Waals surface area contributed by atoms with Gasteiger partial charge in [-0.05, 0) is 47.1 Å². The van der Waals surface area contributed by atoms with Crippen molar-refractivity contribution >= 4 is 23.4 Å². The lowest BCUT2D eigenvalue weighted by atomic mass is 10.1. The fourth-order valence-electron chi connectivity index (χ4n) is 2.53. The normalized spacial score (nSPS) is 11.8. The van der Waals surface area contributed by atoms with E-state index in [0.29, 0.717) is 5.75 Å². The summed E-state index contributed by atoms with van der Waals surface area (Å²) in [6.07, 6.45) is 2.92. The van der Waals surface area contributed by atoms with E-state index in [1.165, 1.54) is 34.0 Å². The van der Waals surface area contributed by atoms with Crippen LogP contribution in [0, 0.1) is 0 Å². The molecule has 1 aliphatic rings. The van der Waals surface area contributed by atoms with E-state index in [9.17, 15) is 4.79 Å². The first kappa shape index (κ1) is 12.3. The second kappa shape index (κ2) is 5.10. The van der Waals surface area contributed by atoms with E-state index < -0.39 is 0 Å². The summed E-state index contributed by atoms with van der Waals surface area (Å²) in [4.78, 5) is 11.6. The molecule has 0 radical (unpaired) electrons. The molecule has 2 nitrogen and oxygen atoms in total. The monoisotopic (exact) mass is 269 g/mol. The van der Waals surface area contributed by atoms with Gasteiger partial charge in [0.1, 0.15) is 0 Å². The first-order chi connectivity index (χ1) is 9.28. The highest BCUT2D eigenvalue weighted by Gasteiger charge is 2.18. The van der Waals surface area contributed by atoms with Crippen molar-refractivity contribution in [3.63, 3.8) is 0 Å². The Kier molecular flexibility index (Phi) is 3.30. The van der Waals surface area contributed by atoms with Crippen LogP contribution in [0.2, 0.25) is 0 Å². The van der Waals surface area contributed by atoms with E-state index in [4.69, 9.17) is 0 Å². The van der Waals surface area contributed by atoms with Gasteiger partial charge in [0.25, 0.3) is 0 Å². The van der Waals surface area contributed by atoms with Crippen molar-refractivity contribution in [3.05, 3.63) is 53.6 Å². The van der Waals surface area contributed by atoms with Crippen LogP contribution in [-0.2, 0) is 11.2 Å². The van der Waals surface area contributed by atoms with Crippen LogP contribution in [0.25, 0.3) is 11.1 Å². The van der Waals surface area contributed by atoms with Crippen molar-refractivity contribution in [1.29, 1.82) is 0 Å². The van der Waals surface area contributed by atoms with Crippen LogP contribution < -0.4 is 5.32 Å². The fourth-order valence-corrected chi connectivity index (χ4v) is 2.86. The molecule has 2 aromatic rings. The molecule has 0 aliphatic heterocycles. The Bertz CT molecular complexity index is 636. The van der Waals surface area contributed by atoms with Crippen molar-refractivity contribution in [2.24, 2.45) is 0 Å². The number of carbonyl (C=O) groups excluding carboxylic acids is 1. The van der Waals surface area contributed by atoms with Crippen LogP contribution in [0.5, 0.6) is 0 Å². The van der Waals surface area contributed by atoms with Gasteiger partial charge in [-0.3, -0.25) is 4.79 Å². The Morgan fingerprint density at radius 2 is 1.95 bits per heavy atom. The number of anilines is 1. The van der Waals surface area contributed by atoms with E-state index in [0.717, 1.165) is 12.1 Å². The van der Waals surface area contributed by atoms with Crippen molar-refractivity contribution in [2.45, 2.75) is 6.42 Å². The maximum atomic E-state index is 11.6. The third-order valence-corrected chi connectivity index (χ3v) is 3.91. The molecular formula is C16H15NOS. The highest BCUT2D eigenvalue weighted by Crippen LogP contribution is 2.37. The lowest BCUT2D eigenvalue weighted by molar-refractivity contribution is -0.113. The molecule has 19 heavy (non-hydrogen) atoms. The molecule has 0 bridgehead atoms. The van der Waals surface area contributed by atoms with Gasteiger partial charge in [0.2, 0.25) is 5.91 Å². The number of benzene rings is 2. The predicted octanol–water partition coefficient (Wildman–Crippen LogP) is 3.56. The Labute approximate surface area is 117 Å². The summed E-state index contributed by atoms with van der Waals surface area (Å²) in [6.45, 7) is 0. The molecule has 3 rings (SSSR count). The number of hydrogen-bond acceptors (Lipinski definition) is 2. The maximum Gasteiger partial charge on any atom is 0.234 e. The van der Waals surface area contributed by atoms with Gasteiger partial charge in [-0.1, -0.05) is 30.3 Å². The molecule has 3 heteroatoms. The van der Waals surface area contributed by atoms with Gasteiger partial charge in [-0.15, -0.1) is 0 Å². The second-order valence-electron chi connectivity index (χ2n) is 4.69. The van der Waals surface area contributed by atoms with Crippen LogP contribution >= 0.6 is 11.8 Å². The summed E-state index contributed by atoms with van der Waals surface area (Å²) >= 11 is 1.53. The number of fused-ring (bicyclic) bond motifs is 3. The zero-order chi connectivity index (χ0) is 13.2. The number of thioether (sulfide) groups is 1. The summed E-state index contributed by atoms with van der Waals surface area (Å²) in [5.41, 5.74) is 6.12. The highest BCUT2D eigenvalue weighted by molar-refractivity contribution is 7.99. The number of nitrogens with one attached hydrogen (secondary N) is 1. The zero-order valence-corrected chi connectivity index (χ0v) is 11.6. The summed E-state index contributed by atoms with van der Waals surface area (Å²) in [5, 5.41) is 2.94. The van der Waals surface area contributed by atoms with E-state index in [-0.39, 0.29) is 5.91 Å². The summed E-state index contributed by atoms with van der Waals surface area (Å²) in [7, 11) is 0. The third kappa shape index (κ3) is 2.38. The highest BCUT2D eigenvalue weighted by atomic mass is 32.2. The zero-order valence-electron chi connectivity index (χ0n) is 10.8. The third-order valence-electron chi connectivity index (χ3n) is 3.36. The van der Waals surface area contributed by atoms with Crippen LogP contribution in [0.3, 0.4) is 0 Å². The lowest BCUT2D eigenvalue weighted by Crippen LogP contribution is -2.13. The summed E-state index contributed by atoms with van der Waals surface area (Å²) in [5.74, 6) is 0.548. The SMILES string of the molecule is CSCC(=O)Nc1ccc2c(c1)-c1ccccc1C2. The Hall–Kier alpha value is -1.74. The topological polar surface area (TPSA) is 29.1 Å². The molecule has 0 unspecified atom stereocenters. The Morgan fingerprint density at radius 1 is 1.16 bits per heavy atom. The lowest BCUT2D eigenvalue weighted by Gasteiger charge is -2.07. The average Bonchev–Trinajstić information content (AvgIpc) is 2.77. The smallest absolute Gasteiger partial charge is 0.234 e. The van der Waals surface area contributed by atoms with Gasteiger partial charge >= 0.3 is 0 Å². The molecule has 1 amide bonds. The van der Waals surface area contributed by atoms with Gasteiger partial charge in [0, 0.05) is 5.69 Å². The molecule has 0 spiro atoms. The van der Waals surface area contributed by atoms with Crippen LogP contribution in [0.15, 0.2) is 42.5 Å². The van der Waals surface area contributed by atoms with Gasteiger partial charge in [-0.2, -0.15) is 11.8 Å². The molecule has 0 saturated carbocycles. The molecule has 0 atom stereocenters. The van der Waals surface area contributed by atoms with Crippen molar-refractivity contribution in [3.8, 4) is 11.1 Å². The van der Waals surface area contributed by atoms with E-state index in [1.54, 1.807) is 0 Å². The molecule has 2 aromatic carbocycles. The minimum absolute atomic E-state index is 0.0544. The first-order valence-corrected chi connectivity index (χ1v) is 7.67. The Morgan fingerprint density at radius 3 is 2.79 bits per heavy atom. The van der Waals surface area contributed by atoms with Crippen LogP contribution in [-0.4, -0.2) is 17.9 Å². The van der Waals surface area contributed by atoms with E-state index in [2.05, 4.69) is 41.7 Å². The van der Waals surface area contributed by atoms with Crippen molar-refractivity contribution in [2.75, 3.05) is 17.3 Å². The largest absolute Gasteiger partial charge is 0.325 e. The molecular weight excluding hydrogens is 254 g/mol. The molecule has 0 heterocycles. The quantitative estimate of drug-likeness (QED) is 0.787. The standard InChI is InChI=1S/C16H15NOS/c1-19-10-16(18)17-13-7-6-12-8-11-4-2-3-5-14(11)15(12)9-13/h2-7,9H,8,10H2,1H3,(H,17,18). The number of rotatable bonds is 3. The number of amides is 1. The minimum Gasteiger partial charge on any atom is -0.325 e. The van der Waals surface area contributed by atoms with Crippen molar-refractivity contribution < 1.29 is 4.79 Å². The second-order valence-corrected chi connectivity index (χ2v) is 5.55. The molecule has 0 fully saturated rings. The maximum absolute atomic E-state index is 11.6. The van der Waals surface area contributed by atoms with E-state index >= 15 is 0 Å². The minimum atomic E-state index is 0.0544. The van der Waals surface area contributed by atoms with Gasteiger partial charge in [-0.25, -0.2) is 0 Å². The average molecular weight is 269 g/mol.